The van der Waals surface area contributed by atoms with E-state index in [0.29, 0.717) is 0 Å². The molecule has 0 saturated heterocycles. The van der Waals surface area contributed by atoms with Crippen molar-refractivity contribution in [3.8, 4) is 11.3 Å². The largest absolute Gasteiger partial charge is 0.441 e. The van der Waals surface area contributed by atoms with E-state index in [-0.39, 0.29) is 0 Å². The normalized spacial score (nSPS) is 10.5. The molecule has 0 fully saturated rings. The number of rotatable bonds is 3. The zero-order valence-corrected chi connectivity index (χ0v) is 9.50. The second kappa shape index (κ2) is 4.53. The van der Waals surface area contributed by atoms with Crippen LogP contribution in [0.3, 0.4) is 0 Å². The summed E-state index contributed by atoms with van der Waals surface area (Å²) < 4.78 is 5.56. The first kappa shape index (κ1) is 10.3. The highest BCUT2D eigenvalue weighted by Gasteiger charge is 2.04. The lowest BCUT2D eigenvalue weighted by Gasteiger charge is -1.98. The third-order valence-electron chi connectivity index (χ3n) is 2.28. The van der Waals surface area contributed by atoms with E-state index in [9.17, 15) is 0 Å². The van der Waals surface area contributed by atoms with E-state index in [0.717, 1.165) is 29.4 Å². The molecule has 0 spiro atoms. The molecule has 1 aromatic heterocycles. The average Bonchev–Trinajstić information content (AvgIpc) is 2.78. The van der Waals surface area contributed by atoms with Crippen LogP contribution in [0.2, 0.25) is 0 Å². The Morgan fingerprint density at radius 1 is 1.27 bits per heavy atom. The van der Waals surface area contributed by atoms with Crippen LogP contribution in [0.25, 0.3) is 11.3 Å². The summed E-state index contributed by atoms with van der Waals surface area (Å²) >= 11 is 4.22. The number of hydrogen-bond donors (Lipinski definition) is 1. The number of oxazole rings is 1. The van der Waals surface area contributed by atoms with Crippen molar-refractivity contribution in [3.63, 3.8) is 0 Å². The van der Waals surface area contributed by atoms with Gasteiger partial charge in [-0.15, -0.1) is 0 Å². The summed E-state index contributed by atoms with van der Waals surface area (Å²) in [4.78, 5) is 4.17. The van der Waals surface area contributed by atoms with Gasteiger partial charge in [-0.1, -0.05) is 31.2 Å². The summed E-state index contributed by atoms with van der Waals surface area (Å²) in [5.41, 5.74) is 2.27. The lowest BCUT2D eigenvalue weighted by atomic mass is 10.1. The molecular formula is C12H13NOS. The maximum absolute atomic E-state index is 5.56. The zero-order valence-electron chi connectivity index (χ0n) is 8.60. The second-order valence-electron chi connectivity index (χ2n) is 3.33. The summed E-state index contributed by atoms with van der Waals surface area (Å²) in [7, 11) is 0. The van der Waals surface area contributed by atoms with E-state index in [1.807, 2.05) is 19.1 Å². The summed E-state index contributed by atoms with van der Waals surface area (Å²) in [6, 6.07) is 8.17. The van der Waals surface area contributed by atoms with Crippen LogP contribution < -0.4 is 0 Å². The van der Waals surface area contributed by atoms with Crippen molar-refractivity contribution in [1.29, 1.82) is 0 Å². The maximum Gasteiger partial charge on any atom is 0.194 e. The minimum atomic E-state index is 0.761. The smallest absolute Gasteiger partial charge is 0.194 e. The van der Waals surface area contributed by atoms with Gasteiger partial charge in [-0.05, 0) is 5.56 Å². The van der Waals surface area contributed by atoms with E-state index in [2.05, 4.69) is 29.7 Å². The molecule has 0 atom stereocenters. The minimum Gasteiger partial charge on any atom is -0.441 e. The van der Waals surface area contributed by atoms with Gasteiger partial charge in [0.2, 0.25) is 0 Å². The molecule has 0 aliphatic rings. The average molecular weight is 219 g/mol. The number of thiol groups is 1. The fourth-order valence-corrected chi connectivity index (χ4v) is 1.59. The summed E-state index contributed by atoms with van der Waals surface area (Å²) in [5.74, 6) is 2.37. The molecule has 3 heteroatoms. The Labute approximate surface area is 94.8 Å². The molecule has 0 amide bonds. The third-order valence-corrected chi connectivity index (χ3v) is 2.64. The topological polar surface area (TPSA) is 26.0 Å². The number of nitrogens with zero attached hydrogens (tertiary/aromatic N) is 1. The Hall–Kier alpha value is -1.22. The molecule has 1 aromatic carbocycles. The zero-order chi connectivity index (χ0) is 10.7. The summed E-state index contributed by atoms with van der Waals surface area (Å²) in [6.45, 7) is 2.03. The molecule has 78 valence electrons. The quantitative estimate of drug-likeness (QED) is 0.801. The Balaban J connectivity index is 2.28. The van der Waals surface area contributed by atoms with Gasteiger partial charge in [0, 0.05) is 17.7 Å². The Morgan fingerprint density at radius 3 is 2.53 bits per heavy atom. The van der Waals surface area contributed by atoms with Gasteiger partial charge in [-0.2, -0.15) is 12.6 Å². The van der Waals surface area contributed by atoms with E-state index in [4.69, 9.17) is 4.42 Å². The molecule has 0 unspecified atom stereocenters. The van der Waals surface area contributed by atoms with E-state index in [1.165, 1.54) is 5.56 Å². The fourth-order valence-electron chi connectivity index (χ4n) is 1.38. The highest BCUT2D eigenvalue weighted by molar-refractivity contribution is 7.79. The van der Waals surface area contributed by atoms with Gasteiger partial charge in [-0.25, -0.2) is 4.98 Å². The van der Waals surface area contributed by atoms with Gasteiger partial charge >= 0.3 is 0 Å². The number of hydrogen-bond acceptors (Lipinski definition) is 3. The lowest BCUT2D eigenvalue weighted by Crippen LogP contribution is -1.78. The molecule has 15 heavy (non-hydrogen) atoms. The molecule has 0 N–H and O–H groups in total. The molecule has 0 aliphatic carbocycles. The van der Waals surface area contributed by atoms with Crippen LogP contribution in [0.15, 0.2) is 34.9 Å². The van der Waals surface area contributed by atoms with Gasteiger partial charge in [0.25, 0.3) is 0 Å². The number of benzene rings is 1. The maximum atomic E-state index is 5.56. The predicted octanol–water partition coefficient (Wildman–Crippen LogP) is 3.33. The van der Waals surface area contributed by atoms with Gasteiger partial charge in [0.15, 0.2) is 11.7 Å². The molecule has 0 radical (unpaired) electrons. The highest BCUT2D eigenvalue weighted by atomic mass is 32.1. The van der Waals surface area contributed by atoms with Crippen molar-refractivity contribution in [1.82, 2.24) is 4.98 Å². The fraction of sp³-hybridized carbons (Fsp3) is 0.250. The van der Waals surface area contributed by atoms with Crippen molar-refractivity contribution in [2.75, 3.05) is 0 Å². The van der Waals surface area contributed by atoms with Gasteiger partial charge in [-0.3, -0.25) is 0 Å². The van der Waals surface area contributed by atoms with Gasteiger partial charge in [0.1, 0.15) is 0 Å². The standard InChI is InChI=1S/C12H13NOS/c1-2-12-13-7-11(14-12)10-5-3-9(8-15)4-6-10/h3-7,15H,2,8H2,1H3. The lowest BCUT2D eigenvalue weighted by molar-refractivity contribution is 0.514. The molecule has 1 heterocycles. The first-order valence-electron chi connectivity index (χ1n) is 4.98. The van der Waals surface area contributed by atoms with E-state index in [1.54, 1.807) is 6.20 Å². The van der Waals surface area contributed by atoms with Crippen LogP contribution in [0.1, 0.15) is 18.4 Å². The van der Waals surface area contributed by atoms with Crippen molar-refractivity contribution in [2.24, 2.45) is 0 Å². The van der Waals surface area contributed by atoms with E-state index >= 15 is 0 Å². The highest BCUT2D eigenvalue weighted by Crippen LogP contribution is 2.21. The van der Waals surface area contributed by atoms with Crippen LogP contribution in [0, 0.1) is 0 Å². The van der Waals surface area contributed by atoms with Crippen LogP contribution in [0.5, 0.6) is 0 Å². The Kier molecular flexibility index (Phi) is 3.11. The molecular weight excluding hydrogens is 206 g/mol. The first-order valence-corrected chi connectivity index (χ1v) is 5.61. The van der Waals surface area contributed by atoms with Gasteiger partial charge < -0.3 is 4.42 Å². The molecule has 0 bridgehead atoms. The van der Waals surface area contributed by atoms with Crippen molar-refractivity contribution in [3.05, 3.63) is 41.9 Å². The molecule has 2 nitrogen and oxygen atoms in total. The van der Waals surface area contributed by atoms with E-state index < -0.39 is 0 Å². The molecule has 2 rings (SSSR count). The molecule has 2 aromatic rings. The first-order chi connectivity index (χ1) is 7.33. The molecule has 0 saturated carbocycles. The number of aromatic nitrogens is 1. The van der Waals surface area contributed by atoms with Crippen LogP contribution in [-0.4, -0.2) is 4.98 Å². The van der Waals surface area contributed by atoms with Gasteiger partial charge in [0.05, 0.1) is 6.20 Å². The monoisotopic (exact) mass is 219 g/mol. The Bertz CT molecular complexity index is 433. The van der Waals surface area contributed by atoms with Crippen LogP contribution >= 0.6 is 12.6 Å². The SMILES string of the molecule is CCc1ncc(-c2ccc(CS)cc2)o1. The van der Waals surface area contributed by atoms with Crippen LogP contribution in [0.4, 0.5) is 0 Å². The summed E-state index contributed by atoms with van der Waals surface area (Å²) in [5, 5.41) is 0. The van der Waals surface area contributed by atoms with Crippen LogP contribution in [-0.2, 0) is 12.2 Å². The van der Waals surface area contributed by atoms with Crippen molar-refractivity contribution in [2.45, 2.75) is 19.1 Å². The minimum absolute atomic E-state index is 0.761. The second-order valence-corrected chi connectivity index (χ2v) is 3.64. The molecule has 0 aliphatic heterocycles. The Morgan fingerprint density at radius 2 is 2.00 bits per heavy atom. The predicted molar refractivity (Wildman–Crippen MR) is 64.0 cm³/mol. The number of aryl methyl sites for hydroxylation is 1. The van der Waals surface area contributed by atoms with Crippen molar-refractivity contribution >= 4 is 12.6 Å². The third kappa shape index (κ3) is 2.23. The summed E-state index contributed by atoms with van der Waals surface area (Å²) in [6.07, 6.45) is 2.60. The van der Waals surface area contributed by atoms with Crippen molar-refractivity contribution < 1.29 is 4.42 Å².